The van der Waals surface area contributed by atoms with E-state index in [-0.39, 0.29) is 0 Å². The molecular formula is C23H14F6NPS. The first kappa shape index (κ1) is 20.9. The summed E-state index contributed by atoms with van der Waals surface area (Å²) in [6.07, 6.45) is 4.37. The van der Waals surface area contributed by atoms with Gasteiger partial charge in [0.15, 0.2) is 12.4 Å². The van der Waals surface area contributed by atoms with Gasteiger partial charge in [-0.2, -0.15) is 4.40 Å². The molecule has 3 heterocycles. The molecule has 0 aliphatic rings. The zero-order chi connectivity index (χ0) is 22.8. The molecule has 0 amide bonds. The molecule has 0 bridgehead atoms. The molecule has 0 radical (unpaired) electrons. The third kappa shape index (κ3) is 4.20. The molecule has 0 aliphatic carbocycles. The first-order valence-electron chi connectivity index (χ1n) is 9.47. The van der Waals surface area contributed by atoms with Gasteiger partial charge in [0.05, 0.1) is 10.8 Å². The maximum Gasteiger partial charge on any atom is 0.228 e. The van der Waals surface area contributed by atoms with Crippen LogP contribution >= 0.6 is 19.1 Å². The van der Waals surface area contributed by atoms with Gasteiger partial charge in [-0.05, 0) is 22.2 Å². The normalized spacial score (nSPS) is 14.4. The van der Waals surface area contributed by atoms with Gasteiger partial charge in [-0.25, -0.2) is 0 Å². The van der Waals surface area contributed by atoms with E-state index in [2.05, 4.69) is 89.6 Å². The second-order valence-electron chi connectivity index (χ2n) is 7.43. The van der Waals surface area contributed by atoms with Gasteiger partial charge in [0.1, 0.15) is 0 Å². The van der Waals surface area contributed by atoms with Crippen molar-refractivity contribution in [3.05, 3.63) is 85.2 Å². The summed E-state index contributed by atoms with van der Waals surface area (Å²) in [5.74, 6) is 0. The summed E-state index contributed by atoms with van der Waals surface area (Å²) in [5, 5.41) is 7.96. The van der Waals surface area contributed by atoms with E-state index in [1.807, 2.05) is 11.3 Å². The van der Waals surface area contributed by atoms with Crippen molar-refractivity contribution in [2.75, 3.05) is 0 Å². The summed E-state index contributed by atoms with van der Waals surface area (Å²) in [6, 6.07) is 26.3. The first-order chi connectivity index (χ1) is 14.8. The predicted molar refractivity (Wildman–Crippen MR) is 121 cm³/mol. The Labute approximate surface area is 181 Å². The number of thiophene rings is 1. The summed E-state index contributed by atoms with van der Waals surface area (Å²) >= 11 is 1.88. The van der Waals surface area contributed by atoms with Gasteiger partial charge < -0.3 is 0 Å². The van der Waals surface area contributed by atoms with Crippen molar-refractivity contribution in [2.24, 2.45) is 0 Å². The molecule has 0 unspecified atom stereocenters. The Hall–Kier alpha value is -2.96. The molecule has 0 saturated carbocycles. The summed E-state index contributed by atoms with van der Waals surface area (Å²) in [5.41, 5.74) is 1.31. The van der Waals surface area contributed by atoms with Crippen LogP contribution in [0.1, 0.15) is 0 Å². The number of pyridine rings is 2. The van der Waals surface area contributed by atoms with E-state index >= 15 is 0 Å². The molecule has 0 N–H and O–H groups in total. The fourth-order valence-electron chi connectivity index (χ4n) is 4.01. The molecule has 9 heteroatoms. The van der Waals surface area contributed by atoms with Gasteiger partial charge in [0, 0.05) is 26.9 Å². The summed E-state index contributed by atoms with van der Waals surface area (Å²) in [7, 11) is -10.7. The number of benzene rings is 3. The summed E-state index contributed by atoms with van der Waals surface area (Å²) in [6.45, 7) is 0. The van der Waals surface area contributed by atoms with Crippen molar-refractivity contribution >= 4 is 66.4 Å². The van der Waals surface area contributed by atoms with E-state index in [1.165, 1.54) is 47.2 Å². The Bertz CT molecular complexity index is 1660. The largest absolute Gasteiger partial charge is 0.228 e. The topological polar surface area (TPSA) is 4.10 Å². The molecule has 0 fully saturated rings. The minimum atomic E-state index is -10.7. The zero-order valence-corrected chi connectivity index (χ0v) is 17.9. The Morgan fingerprint density at radius 1 is 0.562 bits per heavy atom. The Morgan fingerprint density at radius 3 is 1.91 bits per heavy atom. The maximum atomic E-state index is 9.87. The SMILES string of the molecule is F[P-](F)(F)(F)(F)F.c1ccc2c(c1)ccc1cc[n+]3ccc4sc5ccccc5c4c3c12. The van der Waals surface area contributed by atoms with E-state index in [4.69, 9.17) is 0 Å². The molecule has 0 aliphatic heterocycles. The van der Waals surface area contributed by atoms with Crippen LogP contribution in [0.25, 0.3) is 47.2 Å². The number of fused-ring (bicyclic) bond motifs is 9. The zero-order valence-electron chi connectivity index (χ0n) is 16.2. The summed E-state index contributed by atoms with van der Waals surface area (Å²) in [4.78, 5) is 0. The molecule has 6 aromatic rings. The van der Waals surface area contributed by atoms with Crippen molar-refractivity contribution in [1.82, 2.24) is 0 Å². The van der Waals surface area contributed by atoms with E-state index < -0.39 is 7.81 Å². The molecule has 3 aromatic carbocycles. The molecule has 0 atom stereocenters. The molecule has 32 heavy (non-hydrogen) atoms. The van der Waals surface area contributed by atoms with Crippen LogP contribution in [0.4, 0.5) is 25.2 Å². The third-order valence-corrected chi connectivity index (χ3v) is 6.25. The van der Waals surface area contributed by atoms with E-state index in [0.717, 1.165) is 0 Å². The smallest absolute Gasteiger partial charge is 0.166 e. The van der Waals surface area contributed by atoms with E-state index in [9.17, 15) is 25.2 Å². The predicted octanol–water partition coefficient (Wildman–Crippen LogP) is 9.48. The molecule has 0 saturated heterocycles. The van der Waals surface area contributed by atoms with Crippen LogP contribution in [0, 0.1) is 0 Å². The van der Waals surface area contributed by atoms with Crippen molar-refractivity contribution in [2.45, 2.75) is 0 Å². The van der Waals surface area contributed by atoms with Gasteiger partial charge in [-0.1, -0.05) is 54.6 Å². The molecule has 6 rings (SSSR count). The molecule has 0 spiro atoms. The fourth-order valence-corrected chi connectivity index (χ4v) is 5.11. The van der Waals surface area contributed by atoms with Crippen molar-refractivity contribution in [3.8, 4) is 0 Å². The van der Waals surface area contributed by atoms with Crippen LogP contribution in [0.15, 0.2) is 85.2 Å². The van der Waals surface area contributed by atoms with Gasteiger partial charge in [0.2, 0.25) is 5.52 Å². The fraction of sp³-hybridized carbons (Fsp3) is 0. The minimum absolute atomic E-state index is 1.29. The number of aromatic nitrogens is 1. The molecule has 164 valence electrons. The average Bonchev–Trinajstić information content (AvgIpc) is 3.09. The molecule has 1 nitrogen and oxygen atoms in total. The number of hydrogen-bond donors (Lipinski definition) is 0. The Kier molecular flexibility index (Phi) is 4.12. The standard InChI is InChI=1S/C23H14NS.F6P/c1-2-6-17-15(5-1)9-10-16-11-13-24-14-12-20-22(23(24)21(16)17)18-7-3-4-8-19(18)25-20;1-7(2,3,4,5)6/h1-14H;/q+1;-1. The Balaban J connectivity index is 0.000000272. The van der Waals surface area contributed by atoms with Gasteiger partial charge >= 0.3 is 33.0 Å². The van der Waals surface area contributed by atoms with E-state index in [1.54, 1.807) is 0 Å². The Morgan fingerprint density at radius 2 is 1.16 bits per heavy atom. The first-order valence-corrected chi connectivity index (χ1v) is 12.3. The molecular weight excluding hydrogens is 467 g/mol. The minimum Gasteiger partial charge on any atom is -0.166 e. The monoisotopic (exact) mass is 481 g/mol. The maximum absolute atomic E-state index is 10.7. The second kappa shape index (κ2) is 6.30. The summed E-state index contributed by atoms with van der Waals surface area (Å²) < 4.78 is 64.2. The second-order valence-corrected chi connectivity index (χ2v) is 10.4. The van der Waals surface area contributed by atoms with Crippen LogP contribution in [0.3, 0.4) is 0 Å². The van der Waals surface area contributed by atoms with Crippen LogP contribution in [-0.4, -0.2) is 0 Å². The van der Waals surface area contributed by atoms with Gasteiger partial charge in [-0.3, -0.25) is 0 Å². The number of halogens is 6. The average molecular weight is 481 g/mol. The van der Waals surface area contributed by atoms with Crippen molar-refractivity contribution in [3.63, 3.8) is 0 Å². The third-order valence-electron chi connectivity index (χ3n) is 5.12. The number of rotatable bonds is 0. The van der Waals surface area contributed by atoms with Crippen LogP contribution in [0.2, 0.25) is 0 Å². The van der Waals surface area contributed by atoms with Crippen LogP contribution in [0.5, 0.6) is 0 Å². The van der Waals surface area contributed by atoms with E-state index in [0.29, 0.717) is 0 Å². The van der Waals surface area contributed by atoms with Crippen LogP contribution < -0.4 is 4.40 Å². The van der Waals surface area contributed by atoms with Crippen LogP contribution in [-0.2, 0) is 0 Å². The van der Waals surface area contributed by atoms with Crippen molar-refractivity contribution < 1.29 is 29.6 Å². The van der Waals surface area contributed by atoms with Gasteiger partial charge in [-0.15, -0.1) is 11.3 Å². The van der Waals surface area contributed by atoms with Crippen molar-refractivity contribution in [1.29, 1.82) is 0 Å². The number of nitrogens with zero attached hydrogens (tertiary/aromatic N) is 1. The number of hydrogen-bond acceptors (Lipinski definition) is 1. The quantitative estimate of drug-likeness (QED) is 0.0881. The molecule has 3 aromatic heterocycles. The van der Waals surface area contributed by atoms with Gasteiger partial charge in [0.25, 0.3) is 0 Å².